The molecule has 1 aliphatic heterocycles. The highest BCUT2D eigenvalue weighted by molar-refractivity contribution is 7.99. The molecule has 4 rings (SSSR count). The summed E-state index contributed by atoms with van der Waals surface area (Å²) in [5, 5.41) is 10.0. The Labute approximate surface area is 193 Å². The van der Waals surface area contributed by atoms with E-state index < -0.39 is 5.97 Å². The number of nitrogens with zero attached hydrogens (tertiary/aromatic N) is 1. The van der Waals surface area contributed by atoms with Gasteiger partial charge in [-0.1, -0.05) is 43.7 Å². The van der Waals surface area contributed by atoms with Crippen molar-refractivity contribution in [2.45, 2.75) is 57.9 Å². The van der Waals surface area contributed by atoms with Gasteiger partial charge in [0, 0.05) is 16.8 Å². The van der Waals surface area contributed by atoms with Crippen molar-refractivity contribution in [1.82, 2.24) is 0 Å². The molecule has 0 bridgehead atoms. The summed E-state index contributed by atoms with van der Waals surface area (Å²) in [4.78, 5) is 29.1. The quantitative estimate of drug-likeness (QED) is 0.534. The van der Waals surface area contributed by atoms with Crippen molar-refractivity contribution in [3.05, 3.63) is 41.3 Å². The minimum atomic E-state index is -0.945. The first kappa shape index (κ1) is 22.4. The molecule has 1 aromatic heterocycles. The van der Waals surface area contributed by atoms with Crippen molar-refractivity contribution >= 4 is 40.7 Å². The van der Waals surface area contributed by atoms with Gasteiger partial charge in [0.05, 0.1) is 5.69 Å². The zero-order valence-corrected chi connectivity index (χ0v) is 19.7. The third kappa shape index (κ3) is 5.01. The molecule has 2 aliphatic rings. The minimum Gasteiger partial charge on any atom is -0.477 e. The Morgan fingerprint density at radius 2 is 1.71 bits per heavy atom. The van der Waals surface area contributed by atoms with Gasteiger partial charge in [0.25, 0.3) is 0 Å². The van der Waals surface area contributed by atoms with Gasteiger partial charge in [-0.2, -0.15) is 11.8 Å². The molecule has 2 aromatic rings. The van der Waals surface area contributed by atoms with E-state index in [4.69, 9.17) is 0 Å². The highest BCUT2D eigenvalue weighted by atomic mass is 32.2. The SMILES string of the molecule is CCC1CCC(C(=O)N(c2cc(-c3ccccc3)sc2C(=O)O)C2CCSCC2)CC1. The summed E-state index contributed by atoms with van der Waals surface area (Å²) in [7, 11) is 0. The van der Waals surface area contributed by atoms with Gasteiger partial charge in [0.1, 0.15) is 4.88 Å². The van der Waals surface area contributed by atoms with Crippen LogP contribution in [-0.4, -0.2) is 34.5 Å². The standard InChI is InChI=1S/C25H31NO3S2/c1-2-17-8-10-19(11-9-17)24(27)26(20-12-14-30-15-13-20)21-16-22(31-23(21)25(28)29)18-6-4-3-5-7-18/h3-7,16-17,19-20H,2,8-15H2,1H3,(H,28,29). The van der Waals surface area contributed by atoms with E-state index in [1.807, 2.05) is 53.1 Å². The lowest BCUT2D eigenvalue weighted by Gasteiger charge is -2.38. The molecule has 0 atom stereocenters. The van der Waals surface area contributed by atoms with E-state index in [-0.39, 0.29) is 22.7 Å². The Morgan fingerprint density at radius 3 is 2.32 bits per heavy atom. The molecule has 1 saturated carbocycles. The second-order valence-corrected chi connectivity index (χ2v) is 11.0. The number of carboxylic acids is 1. The van der Waals surface area contributed by atoms with Crippen LogP contribution < -0.4 is 4.90 Å². The number of hydrogen-bond acceptors (Lipinski definition) is 4. The molecule has 6 heteroatoms. The maximum atomic E-state index is 13.8. The number of benzene rings is 1. The molecule has 2 fully saturated rings. The van der Waals surface area contributed by atoms with Crippen LogP contribution in [0.3, 0.4) is 0 Å². The second-order valence-electron chi connectivity index (χ2n) is 8.67. The fraction of sp³-hybridized carbons (Fsp3) is 0.520. The number of aromatic carboxylic acids is 1. The number of anilines is 1. The van der Waals surface area contributed by atoms with Crippen LogP contribution in [0, 0.1) is 11.8 Å². The number of rotatable bonds is 6. The van der Waals surface area contributed by atoms with E-state index in [1.165, 1.54) is 17.8 Å². The lowest BCUT2D eigenvalue weighted by atomic mass is 9.80. The number of carbonyl (C=O) groups excluding carboxylic acids is 1. The van der Waals surface area contributed by atoms with Crippen LogP contribution in [0.4, 0.5) is 5.69 Å². The molecule has 1 aromatic carbocycles. The lowest BCUT2D eigenvalue weighted by molar-refractivity contribution is -0.124. The first-order valence-corrected chi connectivity index (χ1v) is 13.4. The number of thioether (sulfide) groups is 1. The molecule has 4 nitrogen and oxygen atoms in total. The lowest BCUT2D eigenvalue weighted by Crippen LogP contribution is -2.46. The van der Waals surface area contributed by atoms with Crippen molar-refractivity contribution in [2.75, 3.05) is 16.4 Å². The second kappa shape index (κ2) is 10.2. The normalized spacial score (nSPS) is 22.2. The molecule has 1 N–H and O–H groups in total. The van der Waals surface area contributed by atoms with Crippen molar-refractivity contribution < 1.29 is 14.7 Å². The maximum Gasteiger partial charge on any atom is 0.348 e. The summed E-state index contributed by atoms with van der Waals surface area (Å²) in [6.45, 7) is 2.23. The molecule has 31 heavy (non-hydrogen) atoms. The highest BCUT2D eigenvalue weighted by Crippen LogP contribution is 2.41. The zero-order valence-electron chi connectivity index (χ0n) is 18.1. The van der Waals surface area contributed by atoms with E-state index in [0.717, 1.165) is 66.4 Å². The average Bonchev–Trinajstić information content (AvgIpc) is 3.26. The molecule has 0 spiro atoms. The predicted molar refractivity (Wildman–Crippen MR) is 130 cm³/mol. The van der Waals surface area contributed by atoms with Crippen LogP contribution in [-0.2, 0) is 4.79 Å². The van der Waals surface area contributed by atoms with E-state index in [0.29, 0.717) is 5.69 Å². The van der Waals surface area contributed by atoms with Crippen LogP contribution in [0.1, 0.15) is 61.5 Å². The van der Waals surface area contributed by atoms with E-state index in [9.17, 15) is 14.7 Å². The van der Waals surface area contributed by atoms with Crippen LogP contribution >= 0.6 is 23.1 Å². The van der Waals surface area contributed by atoms with E-state index >= 15 is 0 Å². The third-order valence-electron chi connectivity index (χ3n) is 6.79. The number of amides is 1. The molecular weight excluding hydrogens is 426 g/mol. The molecule has 166 valence electrons. The van der Waals surface area contributed by atoms with Gasteiger partial charge in [0.15, 0.2) is 0 Å². The van der Waals surface area contributed by atoms with E-state index in [1.54, 1.807) is 0 Å². The van der Waals surface area contributed by atoms with E-state index in [2.05, 4.69) is 6.92 Å². The van der Waals surface area contributed by atoms with Gasteiger partial charge in [-0.15, -0.1) is 11.3 Å². The summed E-state index contributed by atoms with van der Waals surface area (Å²) in [6.07, 6.45) is 7.09. The van der Waals surface area contributed by atoms with Crippen LogP contribution in [0.15, 0.2) is 36.4 Å². The fourth-order valence-corrected chi connectivity index (χ4v) is 6.99. The predicted octanol–water partition coefficient (Wildman–Crippen LogP) is 6.56. The Kier molecular flexibility index (Phi) is 7.39. The summed E-state index contributed by atoms with van der Waals surface area (Å²) in [6, 6.07) is 11.9. The minimum absolute atomic E-state index is 0.0131. The molecule has 1 amide bonds. The van der Waals surface area contributed by atoms with Crippen LogP contribution in [0.5, 0.6) is 0 Å². The molecule has 0 unspecified atom stereocenters. The number of carboxylic acid groups (broad SMARTS) is 1. The summed E-state index contributed by atoms with van der Waals surface area (Å²) in [5.74, 6) is 1.99. The topological polar surface area (TPSA) is 57.6 Å². The van der Waals surface area contributed by atoms with Gasteiger partial charge in [-0.05, 0) is 67.6 Å². The summed E-state index contributed by atoms with van der Waals surface area (Å²) < 4.78 is 0. The summed E-state index contributed by atoms with van der Waals surface area (Å²) >= 11 is 3.21. The third-order valence-corrected chi connectivity index (χ3v) is 9.00. The molecule has 2 heterocycles. The maximum absolute atomic E-state index is 13.8. The van der Waals surface area contributed by atoms with Crippen molar-refractivity contribution in [2.24, 2.45) is 11.8 Å². The van der Waals surface area contributed by atoms with Gasteiger partial charge in [0.2, 0.25) is 5.91 Å². The van der Waals surface area contributed by atoms with Gasteiger partial charge < -0.3 is 10.0 Å². The van der Waals surface area contributed by atoms with Crippen molar-refractivity contribution in [3.63, 3.8) is 0 Å². The number of carbonyl (C=O) groups is 2. The van der Waals surface area contributed by atoms with Gasteiger partial charge in [-0.25, -0.2) is 4.79 Å². The van der Waals surface area contributed by atoms with Crippen molar-refractivity contribution in [3.8, 4) is 10.4 Å². The summed E-state index contributed by atoms with van der Waals surface area (Å²) in [5.41, 5.74) is 1.60. The fourth-order valence-electron chi connectivity index (χ4n) is 4.91. The molecule has 1 aliphatic carbocycles. The first-order chi connectivity index (χ1) is 15.1. The smallest absolute Gasteiger partial charge is 0.348 e. The van der Waals surface area contributed by atoms with Gasteiger partial charge in [-0.3, -0.25) is 4.79 Å². The zero-order chi connectivity index (χ0) is 21.8. The number of thiophene rings is 1. The van der Waals surface area contributed by atoms with Crippen LogP contribution in [0.2, 0.25) is 0 Å². The largest absolute Gasteiger partial charge is 0.477 e. The van der Waals surface area contributed by atoms with Crippen molar-refractivity contribution in [1.29, 1.82) is 0 Å². The highest BCUT2D eigenvalue weighted by Gasteiger charge is 2.36. The Morgan fingerprint density at radius 1 is 1.03 bits per heavy atom. The monoisotopic (exact) mass is 457 g/mol. The average molecular weight is 458 g/mol. The Hall–Kier alpha value is -1.79. The number of hydrogen-bond donors (Lipinski definition) is 1. The van der Waals surface area contributed by atoms with Gasteiger partial charge >= 0.3 is 5.97 Å². The molecular formula is C25H31NO3S2. The molecule has 1 saturated heterocycles. The van der Waals surface area contributed by atoms with Crippen LogP contribution in [0.25, 0.3) is 10.4 Å². The Bertz CT molecular complexity index is 897. The molecule has 0 radical (unpaired) electrons. The Balaban J connectivity index is 1.70. The first-order valence-electron chi connectivity index (χ1n) is 11.4.